The summed E-state index contributed by atoms with van der Waals surface area (Å²) in [6, 6.07) is 0. The van der Waals surface area contributed by atoms with Crippen molar-refractivity contribution in [1.82, 2.24) is 9.03 Å². The van der Waals surface area contributed by atoms with Crippen LogP contribution in [0.15, 0.2) is 0 Å². The van der Waals surface area contributed by atoms with Crippen molar-refractivity contribution in [2.24, 2.45) is 0 Å². The van der Waals surface area contributed by atoms with Gasteiger partial charge in [-0.3, -0.25) is 4.79 Å². The van der Waals surface area contributed by atoms with Crippen molar-refractivity contribution in [3.63, 3.8) is 0 Å². The van der Waals surface area contributed by atoms with E-state index in [0.717, 1.165) is 25.7 Å². The highest BCUT2D eigenvalue weighted by Gasteiger charge is 2.46. The first-order chi connectivity index (χ1) is 8.96. The number of aliphatic carboxylic acids is 1. The van der Waals surface area contributed by atoms with E-state index < -0.39 is 21.7 Å². The van der Waals surface area contributed by atoms with Gasteiger partial charge in [-0.1, -0.05) is 12.8 Å². The molecule has 0 aromatic heterocycles. The van der Waals surface area contributed by atoms with Gasteiger partial charge in [0.25, 0.3) is 10.2 Å². The molecular weight excluding hydrogens is 272 g/mol. The molecule has 2 heterocycles. The number of hydrogen-bond acceptors (Lipinski definition) is 4. The molecule has 0 radical (unpaired) electrons. The molecule has 1 unspecified atom stereocenters. The van der Waals surface area contributed by atoms with Crippen molar-refractivity contribution < 1.29 is 23.1 Å². The zero-order valence-corrected chi connectivity index (χ0v) is 11.6. The van der Waals surface area contributed by atoms with E-state index in [0.29, 0.717) is 13.1 Å². The van der Waals surface area contributed by atoms with Crippen LogP contribution in [0, 0.1) is 0 Å². The maximum Gasteiger partial charge on any atom is 0.327 e. The summed E-state index contributed by atoms with van der Waals surface area (Å²) in [5.41, 5.74) is -1.51. The molecule has 2 rings (SSSR count). The Labute approximate surface area is 113 Å². The van der Waals surface area contributed by atoms with Crippen LogP contribution in [0.25, 0.3) is 0 Å². The van der Waals surface area contributed by atoms with Crippen LogP contribution < -0.4 is 4.72 Å². The van der Waals surface area contributed by atoms with Gasteiger partial charge in [-0.2, -0.15) is 17.4 Å². The van der Waals surface area contributed by atoms with Crippen molar-refractivity contribution in [1.29, 1.82) is 0 Å². The van der Waals surface area contributed by atoms with Gasteiger partial charge in [0, 0.05) is 26.1 Å². The standard InChI is InChI=1S/C11H20N2O5S/c14-10(15)11(5-8-18-9-11)12-19(16,17)13-6-3-1-2-4-7-13/h12H,1-9H2,(H,14,15). The lowest BCUT2D eigenvalue weighted by molar-refractivity contribution is -0.144. The topological polar surface area (TPSA) is 95.9 Å². The maximum absolute atomic E-state index is 12.3. The molecule has 110 valence electrons. The molecule has 0 aromatic carbocycles. The van der Waals surface area contributed by atoms with Gasteiger partial charge in [-0.05, 0) is 12.8 Å². The number of carboxylic acids is 1. The zero-order valence-electron chi connectivity index (χ0n) is 10.8. The van der Waals surface area contributed by atoms with Crippen molar-refractivity contribution in [3.05, 3.63) is 0 Å². The Morgan fingerprint density at radius 1 is 1.21 bits per heavy atom. The minimum atomic E-state index is -3.77. The minimum absolute atomic E-state index is 0.116. The van der Waals surface area contributed by atoms with Gasteiger partial charge in [0.15, 0.2) is 5.54 Å². The molecule has 0 saturated carbocycles. The second-order valence-electron chi connectivity index (χ2n) is 5.11. The van der Waals surface area contributed by atoms with E-state index in [2.05, 4.69) is 4.72 Å². The van der Waals surface area contributed by atoms with Crippen LogP contribution in [0.2, 0.25) is 0 Å². The Balaban J connectivity index is 2.12. The Morgan fingerprint density at radius 2 is 1.84 bits per heavy atom. The number of hydrogen-bond donors (Lipinski definition) is 2. The number of carbonyl (C=O) groups is 1. The van der Waals surface area contributed by atoms with Crippen LogP contribution in [0.3, 0.4) is 0 Å². The molecule has 0 amide bonds. The van der Waals surface area contributed by atoms with Crippen molar-refractivity contribution in [2.75, 3.05) is 26.3 Å². The smallest absolute Gasteiger partial charge is 0.327 e. The van der Waals surface area contributed by atoms with E-state index in [1.54, 1.807) is 0 Å². The molecule has 1 atom stereocenters. The highest BCUT2D eigenvalue weighted by molar-refractivity contribution is 7.87. The normalized spacial score (nSPS) is 30.1. The summed E-state index contributed by atoms with van der Waals surface area (Å²) in [5, 5.41) is 9.26. The van der Waals surface area contributed by atoms with E-state index in [1.807, 2.05) is 0 Å². The maximum atomic E-state index is 12.3. The van der Waals surface area contributed by atoms with Crippen LogP contribution in [0.4, 0.5) is 0 Å². The molecule has 0 aromatic rings. The first-order valence-corrected chi connectivity index (χ1v) is 8.00. The van der Waals surface area contributed by atoms with E-state index in [9.17, 15) is 18.3 Å². The summed E-state index contributed by atoms with van der Waals surface area (Å²) in [6.07, 6.45) is 3.82. The van der Waals surface area contributed by atoms with E-state index in [4.69, 9.17) is 4.74 Å². The SMILES string of the molecule is O=C(O)C1(NS(=O)(=O)N2CCCCCC2)CCOC1. The lowest BCUT2D eigenvalue weighted by Crippen LogP contribution is -2.58. The quantitative estimate of drug-likeness (QED) is 0.757. The first-order valence-electron chi connectivity index (χ1n) is 6.56. The summed E-state index contributed by atoms with van der Waals surface area (Å²) >= 11 is 0. The fourth-order valence-corrected chi connectivity index (χ4v) is 4.06. The van der Waals surface area contributed by atoms with Crippen molar-refractivity contribution >= 4 is 16.2 Å². The van der Waals surface area contributed by atoms with Crippen molar-refractivity contribution in [2.45, 2.75) is 37.6 Å². The molecule has 0 bridgehead atoms. The number of ether oxygens (including phenoxy) is 1. The van der Waals surface area contributed by atoms with Gasteiger partial charge in [0.1, 0.15) is 0 Å². The van der Waals surface area contributed by atoms with Gasteiger partial charge >= 0.3 is 5.97 Å². The lowest BCUT2D eigenvalue weighted by Gasteiger charge is -2.28. The number of carboxylic acid groups (broad SMARTS) is 1. The molecule has 2 aliphatic rings. The third kappa shape index (κ3) is 3.25. The van der Waals surface area contributed by atoms with Crippen LogP contribution in [-0.4, -0.2) is 55.6 Å². The zero-order chi connectivity index (χ0) is 13.9. The van der Waals surface area contributed by atoms with Crippen molar-refractivity contribution in [3.8, 4) is 0 Å². The largest absolute Gasteiger partial charge is 0.480 e. The van der Waals surface area contributed by atoms with E-state index in [1.165, 1.54) is 4.31 Å². The van der Waals surface area contributed by atoms with Gasteiger partial charge < -0.3 is 9.84 Å². The molecule has 19 heavy (non-hydrogen) atoms. The number of nitrogens with one attached hydrogen (secondary N) is 1. The highest BCUT2D eigenvalue weighted by atomic mass is 32.2. The van der Waals surface area contributed by atoms with Gasteiger partial charge in [0.05, 0.1) is 6.61 Å². The van der Waals surface area contributed by atoms with Gasteiger partial charge in [-0.15, -0.1) is 0 Å². The van der Waals surface area contributed by atoms with Crippen LogP contribution >= 0.6 is 0 Å². The summed E-state index contributed by atoms with van der Waals surface area (Å²) in [4.78, 5) is 11.3. The summed E-state index contributed by atoms with van der Waals surface area (Å²) in [6.45, 7) is 1.04. The Hall–Kier alpha value is -0.700. The third-order valence-electron chi connectivity index (χ3n) is 3.66. The van der Waals surface area contributed by atoms with E-state index >= 15 is 0 Å². The fourth-order valence-electron chi connectivity index (χ4n) is 2.45. The molecule has 2 saturated heterocycles. The second-order valence-corrected chi connectivity index (χ2v) is 6.78. The van der Waals surface area contributed by atoms with Crippen LogP contribution in [0.1, 0.15) is 32.1 Å². The molecule has 0 aliphatic carbocycles. The Morgan fingerprint density at radius 3 is 2.32 bits per heavy atom. The Bertz CT molecular complexity index is 422. The third-order valence-corrected chi connectivity index (χ3v) is 5.35. The second kappa shape index (κ2) is 5.74. The number of nitrogens with zero attached hydrogens (tertiary/aromatic N) is 1. The predicted octanol–water partition coefficient (Wildman–Crippen LogP) is -0.0595. The van der Waals surface area contributed by atoms with Crippen LogP contribution in [0.5, 0.6) is 0 Å². The average molecular weight is 292 g/mol. The first kappa shape index (κ1) is 14.7. The molecule has 7 nitrogen and oxygen atoms in total. The molecule has 0 spiro atoms. The Kier molecular flexibility index (Phi) is 4.44. The molecule has 2 aliphatic heterocycles. The number of rotatable bonds is 4. The summed E-state index contributed by atoms with van der Waals surface area (Å²) in [7, 11) is -3.77. The molecule has 2 fully saturated rings. The van der Waals surface area contributed by atoms with Gasteiger partial charge in [-0.25, -0.2) is 0 Å². The predicted molar refractivity (Wildman–Crippen MR) is 67.9 cm³/mol. The van der Waals surface area contributed by atoms with Crippen LogP contribution in [-0.2, 0) is 19.7 Å². The summed E-state index contributed by atoms with van der Waals surface area (Å²) in [5.74, 6) is -1.18. The van der Waals surface area contributed by atoms with Gasteiger partial charge in [0.2, 0.25) is 0 Å². The molecule has 2 N–H and O–H groups in total. The molecular formula is C11H20N2O5S. The lowest BCUT2D eigenvalue weighted by atomic mass is 10.0. The fraction of sp³-hybridized carbons (Fsp3) is 0.909. The average Bonchev–Trinajstić information content (AvgIpc) is 2.64. The molecule has 8 heteroatoms. The minimum Gasteiger partial charge on any atom is -0.480 e. The monoisotopic (exact) mass is 292 g/mol. The summed E-state index contributed by atoms with van der Waals surface area (Å²) < 4.78 is 33.3. The van der Waals surface area contributed by atoms with E-state index in [-0.39, 0.29) is 19.6 Å². The highest BCUT2D eigenvalue weighted by Crippen LogP contribution is 2.22.